The fraction of sp³-hybridized carbons (Fsp3) is 0.600. The molecule has 1 unspecified atom stereocenters. The van der Waals surface area contributed by atoms with Gasteiger partial charge in [-0.15, -0.1) is 0 Å². The first-order valence-corrected chi connectivity index (χ1v) is 9.08. The Hall–Kier alpha value is -1.27. The van der Waals surface area contributed by atoms with E-state index in [1.165, 1.54) is 0 Å². The number of hydrogen-bond donors (Lipinski definition) is 0. The van der Waals surface area contributed by atoms with Gasteiger partial charge in [-0.05, 0) is 38.3 Å². The normalized spacial score (nSPS) is 33.4. The highest BCUT2D eigenvalue weighted by atomic mass is 32.2. The van der Waals surface area contributed by atoms with Gasteiger partial charge >= 0.3 is 0 Å². The van der Waals surface area contributed by atoms with Crippen molar-refractivity contribution >= 4 is 15.7 Å². The van der Waals surface area contributed by atoms with Crippen LogP contribution in [0.5, 0.6) is 5.75 Å². The van der Waals surface area contributed by atoms with Crippen LogP contribution in [-0.2, 0) is 10.0 Å². The molecule has 0 saturated carbocycles. The van der Waals surface area contributed by atoms with Gasteiger partial charge in [-0.1, -0.05) is 6.07 Å². The molecular weight excluding hydrogens is 288 g/mol. The molecule has 114 valence electrons. The highest BCUT2D eigenvalue weighted by molar-refractivity contribution is 7.89. The van der Waals surface area contributed by atoms with E-state index in [1.54, 1.807) is 10.4 Å². The smallest absolute Gasteiger partial charge is 0.248 e. The minimum absolute atomic E-state index is 0.00715. The summed E-state index contributed by atoms with van der Waals surface area (Å²) in [6.45, 7) is 4.11. The maximum Gasteiger partial charge on any atom is 0.248 e. The van der Waals surface area contributed by atoms with Gasteiger partial charge in [-0.25, -0.2) is 8.42 Å². The quantitative estimate of drug-likeness (QED) is 0.794. The summed E-state index contributed by atoms with van der Waals surface area (Å²) in [6, 6.07) is 5.99. The summed E-state index contributed by atoms with van der Waals surface area (Å²) in [5, 5.41) is 0. The van der Waals surface area contributed by atoms with Crippen molar-refractivity contribution in [2.24, 2.45) is 0 Å². The highest BCUT2D eigenvalue weighted by Crippen LogP contribution is 2.42. The fourth-order valence-electron chi connectivity index (χ4n) is 3.69. The third kappa shape index (κ3) is 1.96. The summed E-state index contributed by atoms with van der Waals surface area (Å²) >= 11 is 0. The van der Waals surface area contributed by atoms with Gasteiger partial charge in [0, 0.05) is 19.1 Å². The van der Waals surface area contributed by atoms with Crippen LogP contribution in [0.25, 0.3) is 0 Å². The van der Waals surface area contributed by atoms with Crippen LogP contribution in [0.3, 0.4) is 0 Å². The van der Waals surface area contributed by atoms with Crippen molar-refractivity contribution in [1.29, 1.82) is 0 Å². The average Bonchev–Trinajstić information content (AvgIpc) is 3.05. The Balaban J connectivity index is 1.91. The summed E-state index contributed by atoms with van der Waals surface area (Å²) in [4.78, 5) is 2.58. The van der Waals surface area contributed by atoms with Gasteiger partial charge in [0.1, 0.15) is 16.7 Å². The number of anilines is 1. The number of benzene rings is 1. The molecule has 2 bridgehead atoms. The molecule has 3 atom stereocenters. The Bertz CT molecular complexity index is 673. The number of sulfonamides is 1. The lowest BCUT2D eigenvalue weighted by molar-refractivity contribution is 0.215. The molecule has 2 fully saturated rings. The zero-order valence-electron chi connectivity index (χ0n) is 12.2. The maximum atomic E-state index is 13.0. The van der Waals surface area contributed by atoms with Gasteiger partial charge in [-0.3, -0.25) is 0 Å². The molecule has 1 aromatic carbocycles. The lowest BCUT2D eigenvalue weighted by Crippen LogP contribution is -2.32. The summed E-state index contributed by atoms with van der Waals surface area (Å²) < 4.78 is 33.5. The zero-order chi connectivity index (χ0) is 14.6. The first-order chi connectivity index (χ1) is 10.1. The second-order valence-corrected chi connectivity index (χ2v) is 8.06. The largest absolute Gasteiger partial charge is 0.487 e. The molecule has 0 spiro atoms. The van der Waals surface area contributed by atoms with Gasteiger partial charge in [0.25, 0.3) is 0 Å². The van der Waals surface area contributed by atoms with E-state index in [-0.39, 0.29) is 6.10 Å². The Morgan fingerprint density at radius 3 is 2.86 bits per heavy atom. The number of hydrogen-bond acceptors (Lipinski definition) is 4. The molecule has 3 aliphatic heterocycles. The number of ether oxygens (including phenoxy) is 1. The molecule has 4 rings (SSSR count). The SMILES string of the molecule is C[C@@H]1CCCN1c1cccc2c1S(=O)(=O)N1CC[C@@H](C1)O2. The van der Waals surface area contributed by atoms with Gasteiger partial charge in [0.2, 0.25) is 10.0 Å². The van der Waals surface area contributed by atoms with Crippen LogP contribution in [0, 0.1) is 0 Å². The van der Waals surface area contributed by atoms with Crippen LogP contribution in [0.4, 0.5) is 5.69 Å². The lowest BCUT2D eigenvalue weighted by atomic mass is 10.2. The molecule has 3 aliphatic rings. The van der Waals surface area contributed by atoms with Crippen LogP contribution < -0.4 is 9.64 Å². The van der Waals surface area contributed by atoms with Crippen molar-refractivity contribution in [1.82, 2.24) is 4.31 Å². The van der Waals surface area contributed by atoms with Crippen molar-refractivity contribution < 1.29 is 13.2 Å². The summed E-state index contributed by atoms with van der Waals surface area (Å²) in [5.74, 6) is 0.527. The predicted octanol–water partition coefficient (Wildman–Crippen LogP) is 1.83. The van der Waals surface area contributed by atoms with Gasteiger partial charge in [-0.2, -0.15) is 4.31 Å². The van der Waals surface area contributed by atoms with Gasteiger partial charge in [0.05, 0.1) is 12.2 Å². The van der Waals surface area contributed by atoms with Crippen LogP contribution in [0.1, 0.15) is 26.2 Å². The van der Waals surface area contributed by atoms with Crippen LogP contribution in [-0.4, -0.2) is 44.5 Å². The monoisotopic (exact) mass is 308 g/mol. The molecule has 5 nitrogen and oxygen atoms in total. The Morgan fingerprint density at radius 1 is 1.24 bits per heavy atom. The maximum absolute atomic E-state index is 13.0. The molecule has 21 heavy (non-hydrogen) atoms. The summed E-state index contributed by atoms with van der Waals surface area (Å²) in [6.07, 6.45) is 2.99. The minimum atomic E-state index is -3.45. The minimum Gasteiger partial charge on any atom is -0.487 e. The fourth-order valence-corrected chi connectivity index (χ4v) is 5.48. The van der Waals surface area contributed by atoms with E-state index in [4.69, 9.17) is 4.74 Å². The molecule has 0 aliphatic carbocycles. The van der Waals surface area contributed by atoms with E-state index in [2.05, 4.69) is 11.8 Å². The highest BCUT2D eigenvalue weighted by Gasteiger charge is 2.42. The number of fused-ring (bicyclic) bond motifs is 3. The molecule has 0 radical (unpaired) electrons. The van der Waals surface area contributed by atoms with E-state index in [0.717, 1.165) is 31.5 Å². The lowest BCUT2D eigenvalue weighted by Gasteiger charge is -2.28. The van der Waals surface area contributed by atoms with Crippen molar-refractivity contribution in [3.8, 4) is 5.75 Å². The molecule has 6 heteroatoms. The third-order valence-electron chi connectivity index (χ3n) is 4.82. The van der Waals surface area contributed by atoms with Gasteiger partial charge in [0.15, 0.2) is 0 Å². The van der Waals surface area contributed by atoms with E-state index in [0.29, 0.717) is 29.8 Å². The van der Waals surface area contributed by atoms with Crippen molar-refractivity contribution in [2.45, 2.75) is 43.2 Å². The first kappa shape index (κ1) is 13.4. The van der Waals surface area contributed by atoms with E-state index < -0.39 is 10.0 Å². The van der Waals surface area contributed by atoms with E-state index >= 15 is 0 Å². The third-order valence-corrected chi connectivity index (χ3v) is 6.76. The molecule has 0 amide bonds. The number of nitrogens with zero attached hydrogens (tertiary/aromatic N) is 2. The molecule has 3 heterocycles. The molecular formula is C15H20N2O3S. The molecule has 1 aromatic rings. The summed E-state index contributed by atoms with van der Waals surface area (Å²) in [7, 11) is -3.45. The standard InChI is InChI=1S/C15H20N2O3S/c1-11-4-3-8-17(11)13-5-2-6-14-15(13)21(18,19)16-9-7-12(10-16)20-14/h2,5-6,11-12H,3-4,7-10H2,1H3/t11-,12+/m1/s1. The van der Waals surface area contributed by atoms with E-state index in [9.17, 15) is 8.42 Å². The molecule has 2 saturated heterocycles. The predicted molar refractivity (Wildman–Crippen MR) is 80.3 cm³/mol. The van der Waals surface area contributed by atoms with Crippen molar-refractivity contribution in [2.75, 3.05) is 24.5 Å². The van der Waals surface area contributed by atoms with E-state index in [1.807, 2.05) is 12.1 Å². The zero-order valence-corrected chi connectivity index (χ0v) is 13.0. The first-order valence-electron chi connectivity index (χ1n) is 7.64. The van der Waals surface area contributed by atoms with Gasteiger partial charge < -0.3 is 9.64 Å². The Kier molecular flexibility index (Phi) is 2.94. The molecule has 0 N–H and O–H groups in total. The second kappa shape index (κ2) is 4.61. The molecule has 0 aromatic heterocycles. The van der Waals surface area contributed by atoms with Crippen molar-refractivity contribution in [3.63, 3.8) is 0 Å². The van der Waals surface area contributed by atoms with Crippen LogP contribution in [0.15, 0.2) is 23.1 Å². The van der Waals surface area contributed by atoms with Crippen LogP contribution in [0.2, 0.25) is 0 Å². The van der Waals surface area contributed by atoms with Crippen LogP contribution >= 0.6 is 0 Å². The van der Waals surface area contributed by atoms with Crippen molar-refractivity contribution in [3.05, 3.63) is 18.2 Å². The topological polar surface area (TPSA) is 49.9 Å². The Labute approximate surface area is 125 Å². The number of rotatable bonds is 1. The second-order valence-electron chi connectivity index (χ2n) is 6.18. The summed E-state index contributed by atoms with van der Waals surface area (Å²) in [5.41, 5.74) is 0.810. The average molecular weight is 308 g/mol. The Morgan fingerprint density at radius 2 is 2.10 bits per heavy atom.